The number of carboxylic acids is 1. The molecule has 1 atom stereocenters. The lowest BCUT2D eigenvalue weighted by molar-refractivity contribution is 0.0697. The Hall–Kier alpha value is -2.36. The average molecular weight is 404 g/mol. The van der Waals surface area contributed by atoms with Gasteiger partial charge in [-0.05, 0) is 38.0 Å². The summed E-state index contributed by atoms with van der Waals surface area (Å²) in [5, 5.41) is 9.22. The van der Waals surface area contributed by atoms with Crippen LogP contribution in [-0.2, 0) is 10.2 Å². The number of carbonyl (C=O) groups is 1. The number of aromatic carboxylic acids is 1. The third kappa shape index (κ3) is 4.21. The summed E-state index contributed by atoms with van der Waals surface area (Å²) in [6, 6.07) is 8.41. The number of hydrogen-bond acceptors (Lipinski definition) is 5. The predicted octanol–water partition coefficient (Wildman–Crippen LogP) is 2.14. The molecule has 150 valence electrons. The summed E-state index contributed by atoms with van der Waals surface area (Å²) < 4.78 is 27.6. The lowest BCUT2D eigenvalue weighted by Crippen LogP contribution is -2.45. The van der Waals surface area contributed by atoms with Gasteiger partial charge in [-0.2, -0.15) is 17.0 Å². The van der Waals surface area contributed by atoms with Crippen LogP contribution >= 0.6 is 0 Å². The molecule has 1 N–H and O–H groups in total. The van der Waals surface area contributed by atoms with Gasteiger partial charge in [0.05, 0.1) is 11.3 Å². The van der Waals surface area contributed by atoms with Crippen molar-refractivity contribution in [2.24, 2.45) is 0 Å². The zero-order valence-electron chi connectivity index (χ0n) is 16.2. The molecule has 28 heavy (non-hydrogen) atoms. The Balaban J connectivity index is 1.93. The van der Waals surface area contributed by atoms with Gasteiger partial charge in [-0.25, -0.2) is 14.8 Å². The molecule has 9 heteroatoms. The second-order valence-electron chi connectivity index (χ2n) is 7.13. The van der Waals surface area contributed by atoms with Crippen LogP contribution in [-0.4, -0.2) is 65.3 Å². The van der Waals surface area contributed by atoms with E-state index in [1.165, 1.54) is 28.8 Å². The molecule has 1 aliphatic rings. The van der Waals surface area contributed by atoms with E-state index in [9.17, 15) is 18.3 Å². The predicted molar refractivity (Wildman–Crippen MR) is 105 cm³/mol. The summed E-state index contributed by atoms with van der Waals surface area (Å²) in [6.07, 6.45) is 1.54. The first-order valence-electron chi connectivity index (χ1n) is 9.05. The lowest BCUT2D eigenvalue weighted by atomic mass is 9.98. The van der Waals surface area contributed by atoms with Crippen LogP contribution in [0.2, 0.25) is 0 Å². The average Bonchev–Trinajstić information content (AvgIpc) is 2.67. The summed E-state index contributed by atoms with van der Waals surface area (Å²) in [6.45, 7) is 2.67. The van der Waals surface area contributed by atoms with Crippen molar-refractivity contribution in [1.82, 2.24) is 18.6 Å². The summed E-state index contributed by atoms with van der Waals surface area (Å²) in [7, 11) is -0.436. The highest BCUT2D eigenvalue weighted by Gasteiger charge is 2.32. The molecule has 0 aliphatic carbocycles. The van der Waals surface area contributed by atoms with Gasteiger partial charge in [-0.3, -0.25) is 0 Å². The van der Waals surface area contributed by atoms with E-state index in [0.29, 0.717) is 30.2 Å². The number of aryl methyl sites for hydroxylation is 1. The quantitative estimate of drug-likeness (QED) is 0.819. The van der Waals surface area contributed by atoms with Crippen molar-refractivity contribution >= 4 is 16.2 Å². The Morgan fingerprint density at radius 1 is 1.25 bits per heavy atom. The zero-order chi connectivity index (χ0) is 20.5. The molecule has 0 saturated carbocycles. The molecule has 3 rings (SSSR count). The Morgan fingerprint density at radius 3 is 2.68 bits per heavy atom. The first-order valence-corrected chi connectivity index (χ1v) is 10.4. The van der Waals surface area contributed by atoms with Gasteiger partial charge in [0.15, 0.2) is 0 Å². The number of aromatic nitrogens is 2. The molecule has 2 heterocycles. The maximum atomic E-state index is 12.5. The fourth-order valence-corrected chi connectivity index (χ4v) is 4.52. The van der Waals surface area contributed by atoms with Crippen molar-refractivity contribution in [3.8, 4) is 11.3 Å². The monoisotopic (exact) mass is 404 g/mol. The molecule has 1 aliphatic heterocycles. The number of nitrogens with zero attached hydrogens (tertiary/aromatic N) is 4. The van der Waals surface area contributed by atoms with Crippen molar-refractivity contribution in [3.63, 3.8) is 0 Å². The number of benzene rings is 1. The van der Waals surface area contributed by atoms with Crippen molar-refractivity contribution in [3.05, 3.63) is 47.4 Å². The summed E-state index contributed by atoms with van der Waals surface area (Å²) >= 11 is 0. The summed E-state index contributed by atoms with van der Waals surface area (Å²) in [5.41, 5.74) is 2.28. The second kappa shape index (κ2) is 7.94. The third-order valence-electron chi connectivity index (χ3n) is 4.81. The van der Waals surface area contributed by atoms with Crippen molar-refractivity contribution in [2.75, 3.05) is 27.2 Å². The van der Waals surface area contributed by atoms with E-state index >= 15 is 0 Å². The van der Waals surface area contributed by atoms with Gasteiger partial charge in [-0.1, -0.05) is 12.1 Å². The van der Waals surface area contributed by atoms with Gasteiger partial charge in [0.25, 0.3) is 10.2 Å². The first kappa shape index (κ1) is 20.4. The number of hydrogen-bond donors (Lipinski definition) is 1. The van der Waals surface area contributed by atoms with Crippen molar-refractivity contribution in [2.45, 2.75) is 25.7 Å². The third-order valence-corrected chi connectivity index (χ3v) is 6.72. The minimum Gasteiger partial charge on any atom is -0.478 e. The van der Waals surface area contributed by atoms with Crippen LogP contribution in [0.5, 0.6) is 0 Å². The van der Waals surface area contributed by atoms with Crippen molar-refractivity contribution in [1.29, 1.82) is 0 Å². The fraction of sp³-hybridized carbons (Fsp3) is 0.421. The highest BCUT2D eigenvalue weighted by atomic mass is 32.2. The molecule has 1 saturated heterocycles. The highest BCUT2D eigenvalue weighted by molar-refractivity contribution is 7.86. The molecule has 0 bridgehead atoms. The van der Waals surface area contributed by atoms with E-state index in [-0.39, 0.29) is 11.5 Å². The van der Waals surface area contributed by atoms with E-state index in [2.05, 4.69) is 9.97 Å². The Labute approximate surface area is 165 Å². The van der Waals surface area contributed by atoms with Gasteiger partial charge >= 0.3 is 5.97 Å². The Morgan fingerprint density at radius 2 is 2.00 bits per heavy atom. The van der Waals surface area contributed by atoms with Crippen molar-refractivity contribution < 1.29 is 18.3 Å². The highest BCUT2D eigenvalue weighted by Crippen LogP contribution is 2.29. The zero-order valence-corrected chi connectivity index (χ0v) is 17.0. The smallest absolute Gasteiger partial charge is 0.335 e. The van der Waals surface area contributed by atoms with E-state index in [1.807, 2.05) is 19.1 Å². The van der Waals surface area contributed by atoms with Crippen LogP contribution in [0.4, 0.5) is 0 Å². The molecule has 1 aromatic carbocycles. The molecule has 0 amide bonds. The topological polar surface area (TPSA) is 104 Å². The van der Waals surface area contributed by atoms with Crippen LogP contribution in [0, 0.1) is 6.92 Å². The van der Waals surface area contributed by atoms with E-state index < -0.39 is 16.2 Å². The molecule has 0 radical (unpaired) electrons. The van der Waals surface area contributed by atoms with Gasteiger partial charge in [0.2, 0.25) is 0 Å². The van der Waals surface area contributed by atoms with Crippen LogP contribution in [0.25, 0.3) is 11.3 Å². The van der Waals surface area contributed by atoms with Gasteiger partial charge < -0.3 is 5.11 Å². The van der Waals surface area contributed by atoms with Crippen LogP contribution in [0.3, 0.4) is 0 Å². The van der Waals surface area contributed by atoms with Crippen LogP contribution in [0.15, 0.2) is 30.3 Å². The molecular weight excluding hydrogens is 380 g/mol. The molecule has 2 aromatic rings. The van der Waals surface area contributed by atoms with Gasteiger partial charge in [0.1, 0.15) is 5.82 Å². The lowest BCUT2D eigenvalue weighted by Gasteiger charge is -2.33. The van der Waals surface area contributed by atoms with Crippen LogP contribution < -0.4 is 0 Å². The fourth-order valence-electron chi connectivity index (χ4n) is 3.33. The molecule has 1 aromatic heterocycles. The molecule has 8 nitrogen and oxygen atoms in total. The van der Waals surface area contributed by atoms with E-state index in [0.717, 1.165) is 18.5 Å². The number of rotatable bonds is 5. The molecule has 0 spiro atoms. The minimum atomic E-state index is -3.48. The van der Waals surface area contributed by atoms with E-state index in [1.54, 1.807) is 12.1 Å². The van der Waals surface area contributed by atoms with Gasteiger partial charge in [-0.15, -0.1) is 0 Å². The standard InChI is InChI=1S/C19H24N4O4S/c1-13-10-17(14-6-4-7-15(11-14)19(24)25)21-18(20-13)16-8-5-9-23(12-16)28(26,27)22(2)3/h4,6-7,10-11,16H,5,8-9,12H2,1-3H3,(H,24,25). The molecule has 1 unspecified atom stereocenters. The Kier molecular flexibility index (Phi) is 5.78. The normalized spacial score (nSPS) is 18.4. The SMILES string of the molecule is Cc1cc(-c2cccc(C(=O)O)c2)nc(C2CCCN(S(=O)(=O)N(C)C)C2)n1. The maximum Gasteiger partial charge on any atom is 0.335 e. The maximum absolute atomic E-state index is 12.5. The summed E-state index contributed by atoms with van der Waals surface area (Å²) in [5.74, 6) is -0.510. The first-order chi connectivity index (χ1) is 13.2. The number of piperidine rings is 1. The summed E-state index contributed by atoms with van der Waals surface area (Å²) in [4.78, 5) is 20.4. The largest absolute Gasteiger partial charge is 0.478 e. The minimum absolute atomic E-state index is 0.107. The second-order valence-corrected chi connectivity index (χ2v) is 9.27. The van der Waals surface area contributed by atoms with E-state index in [4.69, 9.17) is 0 Å². The van der Waals surface area contributed by atoms with Crippen LogP contribution in [0.1, 0.15) is 40.6 Å². The molecular formula is C19H24N4O4S. The van der Waals surface area contributed by atoms with Gasteiger partial charge in [0, 0.05) is 44.4 Å². The number of carboxylic acid groups (broad SMARTS) is 1. The Bertz CT molecular complexity index is 991. The molecule has 1 fully saturated rings.